The Kier molecular flexibility index (Phi) is 18.2. The average Bonchev–Trinajstić information content (AvgIpc) is 3.42. The van der Waals surface area contributed by atoms with Gasteiger partial charge in [0.25, 0.3) is 0 Å². The third-order valence-electron chi connectivity index (χ3n) is 12.0. The summed E-state index contributed by atoms with van der Waals surface area (Å²) in [6.45, 7) is 3.21. The number of benzene rings is 5. The number of ether oxygens (including phenoxy) is 11. The van der Waals surface area contributed by atoms with Crippen LogP contribution in [0, 0.1) is 0 Å². The fraction of sp³-hybridized carbons (Fsp3) is 0.364. The van der Waals surface area contributed by atoms with Crippen LogP contribution >= 0.6 is 11.8 Å². The first-order valence-electron chi connectivity index (χ1n) is 23.8. The van der Waals surface area contributed by atoms with Crippen LogP contribution in [-0.2, 0) is 56.9 Å². The van der Waals surface area contributed by atoms with E-state index in [9.17, 15) is 24.0 Å². The van der Waals surface area contributed by atoms with Crippen molar-refractivity contribution in [2.75, 3.05) is 26.9 Å². The van der Waals surface area contributed by atoms with Gasteiger partial charge in [-0.3, -0.25) is 4.79 Å². The van der Waals surface area contributed by atoms with Crippen molar-refractivity contribution >= 4 is 41.6 Å². The van der Waals surface area contributed by atoms with Gasteiger partial charge in [0.05, 0.1) is 40.7 Å². The second-order valence-electron chi connectivity index (χ2n) is 16.9. The zero-order valence-corrected chi connectivity index (χ0v) is 40.7. The lowest BCUT2D eigenvalue weighted by atomic mass is 9.96. The zero-order valence-electron chi connectivity index (χ0n) is 39.8. The van der Waals surface area contributed by atoms with Gasteiger partial charge in [0, 0.05) is 12.7 Å². The molecule has 0 bridgehead atoms. The summed E-state index contributed by atoms with van der Waals surface area (Å²) in [6, 6.07) is 42.1. The first-order valence-corrected chi connectivity index (χ1v) is 24.7. The quantitative estimate of drug-likeness (QED) is 0.0572. The standard InChI is InChI=1S/C55H56O16S/c1-4-21-41(52(60)62-5-2)72-47-43-40(33-64-53(71-43)38-30-19-10-20-31-38)66-55(46(47)69-51(59)37-28-17-9-18-29-37)70-42-39(32-63-48(56)34-22-11-6-12-23-34)65-54(61-3)45(68-50(58)36-26-15-8-16-27-36)44(42)67-49(57)35-24-13-7-14-25-35/h6-20,22-31,39-47,53-55H,4-5,21,32-33H2,1-3H3/t39-,40-,41?,42-,43+,44+,45-,46-,47+,53?,54-,55+/m1/s1. The summed E-state index contributed by atoms with van der Waals surface area (Å²) in [4.78, 5) is 70.0. The minimum Gasteiger partial charge on any atom is -0.465 e. The third-order valence-corrected chi connectivity index (χ3v) is 13.6. The number of carbonyl (C=O) groups excluding carboxylic acids is 5. The maximum Gasteiger partial charge on any atom is 0.338 e. The van der Waals surface area contributed by atoms with Crippen molar-refractivity contribution in [3.05, 3.63) is 179 Å². The van der Waals surface area contributed by atoms with Gasteiger partial charge in [-0.25, -0.2) is 19.2 Å². The highest BCUT2D eigenvalue weighted by Crippen LogP contribution is 2.44. The molecule has 17 heteroatoms. The van der Waals surface area contributed by atoms with Gasteiger partial charge in [-0.15, -0.1) is 11.8 Å². The number of hydrogen-bond acceptors (Lipinski definition) is 17. The van der Waals surface area contributed by atoms with Gasteiger partial charge in [0.1, 0.15) is 36.3 Å². The predicted octanol–water partition coefficient (Wildman–Crippen LogP) is 7.95. The Morgan fingerprint density at radius 3 is 1.58 bits per heavy atom. The van der Waals surface area contributed by atoms with Crippen LogP contribution in [0.3, 0.4) is 0 Å². The topological polar surface area (TPSA) is 187 Å². The largest absolute Gasteiger partial charge is 0.465 e. The molecule has 72 heavy (non-hydrogen) atoms. The van der Waals surface area contributed by atoms with E-state index in [1.807, 2.05) is 37.3 Å². The lowest BCUT2D eigenvalue weighted by Gasteiger charge is -2.51. The lowest BCUT2D eigenvalue weighted by Crippen LogP contribution is -2.67. The number of fused-ring (bicyclic) bond motifs is 1. The summed E-state index contributed by atoms with van der Waals surface area (Å²) >= 11 is 1.20. The van der Waals surface area contributed by atoms with Gasteiger partial charge in [0.15, 0.2) is 37.2 Å². The Morgan fingerprint density at radius 1 is 0.569 bits per heavy atom. The molecule has 0 aromatic heterocycles. The van der Waals surface area contributed by atoms with E-state index in [4.69, 9.17) is 52.1 Å². The lowest BCUT2D eigenvalue weighted by molar-refractivity contribution is -0.365. The van der Waals surface area contributed by atoms with Crippen molar-refractivity contribution in [1.29, 1.82) is 0 Å². The summed E-state index contributed by atoms with van der Waals surface area (Å²) in [7, 11) is 1.31. The highest BCUT2D eigenvalue weighted by Gasteiger charge is 2.58. The van der Waals surface area contributed by atoms with Crippen LogP contribution < -0.4 is 0 Å². The van der Waals surface area contributed by atoms with Gasteiger partial charge in [-0.05, 0) is 61.9 Å². The van der Waals surface area contributed by atoms with Crippen molar-refractivity contribution in [3.63, 3.8) is 0 Å². The van der Waals surface area contributed by atoms with Crippen LogP contribution in [-0.4, -0.2) is 123 Å². The van der Waals surface area contributed by atoms with E-state index >= 15 is 0 Å². The summed E-state index contributed by atoms with van der Waals surface area (Å²) < 4.78 is 69.7. The maximum atomic E-state index is 14.4. The third kappa shape index (κ3) is 12.8. The molecule has 3 heterocycles. The summed E-state index contributed by atoms with van der Waals surface area (Å²) in [6.07, 6.45) is -12.2. The molecule has 0 amide bonds. The normalized spacial score (nSPS) is 26.2. The van der Waals surface area contributed by atoms with Crippen LogP contribution in [0.4, 0.5) is 0 Å². The fourth-order valence-electron chi connectivity index (χ4n) is 8.54. The van der Waals surface area contributed by atoms with Crippen LogP contribution in [0.1, 0.15) is 80.0 Å². The number of carbonyl (C=O) groups is 5. The van der Waals surface area contributed by atoms with Crippen molar-refractivity contribution in [3.8, 4) is 0 Å². The van der Waals surface area contributed by atoms with Crippen molar-refractivity contribution in [2.45, 2.75) is 98.8 Å². The molecule has 3 saturated heterocycles. The zero-order chi connectivity index (χ0) is 50.4. The molecule has 0 aliphatic carbocycles. The number of methoxy groups -OCH3 is 1. The van der Waals surface area contributed by atoms with E-state index in [1.54, 1.807) is 128 Å². The van der Waals surface area contributed by atoms with E-state index in [-0.39, 0.29) is 35.5 Å². The molecule has 12 atom stereocenters. The molecule has 5 aromatic rings. The van der Waals surface area contributed by atoms with Crippen molar-refractivity contribution in [2.24, 2.45) is 0 Å². The highest BCUT2D eigenvalue weighted by atomic mass is 32.2. The number of hydrogen-bond donors (Lipinski definition) is 0. The summed E-state index contributed by atoms with van der Waals surface area (Å²) in [5.74, 6) is -3.60. The van der Waals surface area contributed by atoms with Crippen LogP contribution in [0.2, 0.25) is 0 Å². The van der Waals surface area contributed by atoms with E-state index in [0.717, 1.165) is 0 Å². The summed E-state index contributed by atoms with van der Waals surface area (Å²) in [5.41, 5.74) is 1.46. The van der Waals surface area contributed by atoms with Crippen LogP contribution in [0.5, 0.6) is 0 Å². The Labute approximate surface area is 421 Å². The van der Waals surface area contributed by atoms with E-state index in [2.05, 4.69) is 0 Å². The monoisotopic (exact) mass is 1000 g/mol. The van der Waals surface area contributed by atoms with Gasteiger partial charge in [-0.1, -0.05) is 116 Å². The number of thioether (sulfide) groups is 1. The molecule has 3 aliphatic rings. The molecule has 3 aliphatic heterocycles. The molecule has 0 saturated carbocycles. The van der Waals surface area contributed by atoms with Crippen molar-refractivity contribution in [1.82, 2.24) is 0 Å². The molecule has 2 unspecified atom stereocenters. The average molecular weight is 1010 g/mol. The Hall–Kier alpha value is -6.44. The smallest absolute Gasteiger partial charge is 0.338 e. The number of rotatable bonds is 19. The molecule has 0 spiro atoms. The van der Waals surface area contributed by atoms with E-state index < -0.39 is 109 Å². The van der Waals surface area contributed by atoms with E-state index in [0.29, 0.717) is 18.4 Å². The molecule has 3 fully saturated rings. The van der Waals surface area contributed by atoms with Crippen LogP contribution in [0.25, 0.3) is 0 Å². The van der Waals surface area contributed by atoms with Crippen LogP contribution in [0.15, 0.2) is 152 Å². The van der Waals surface area contributed by atoms with Gasteiger partial charge >= 0.3 is 29.8 Å². The maximum absolute atomic E-state index is 14.4. The minimum atomic E-state index is -1.60. The van der Waals surface area contributed by atoms with Gasteiger partial charge in [-0.2, -0.15) is 0 Å². The second kappa shape index (κ2) is 25.3. The van der Waals surface area contributed by atoms with Gasteiger partial charge in [0.2, 0.25) is 0 Å². The first-order chi connectivity index (χ1) is 35.1. The second-order valence-corrected chi connectivity index (χ2v) is 18.3. The molecular formula is C55H56O16S. The summed E-state index contributed by atoms with van der Waals surface area (Å²) in [5, 5.41) is -1.70. The van der Waals surface area contributed by atoms with Gasteiger partial charge < -0.3 is 52.1 Å². The molecule has 16 nitrogen and oxygen atoms in total. The van der Waals surface area contributed by atoms with Crippen molar-refractivity contribution < 1.29 is 76.1 Å². The Morgan fingerprint density at radius 2 is 1.07 bits per heavy atom. The Balaban J connectivity index is 1.24. The molecule has 0 N–H and O–H groups in total. The highest BCUT2D eigenvalue weighted by molar-refractivity contribution is 8.01. The fourth-order valence-corrected chi connectivity index (χ4v) is 10.2. The minimum absolute atomic E-state index is 0.0485. The number of esters is 5. The molecule has 0 radical (unpaired) electrons. The molecular weight excluding hydrogens is 949 g/mol. The molecule has 8 rings (SSSR count). The SMILES string of the molecule is CCCC(S[C@H]1[C@H]2OC(c3ccccc3)OC[C@H]2O[C@@H](O[C@H]2[C@H](OC(=O)c3ccccc3)[C@@H](OC(=O)c3ccccc3)[C@H](OC)O[C@@H]2COC(=O)c2ccccc2)[C@@H]1OC(=O)c1ccccc1)C(=O)OCC. The molecule has 378 valence electrons. The first kappa shape index (κ1) is 51.9. The predicted molar refractivity (Wildman–Crippen MR) is 260 cm³/mol. The molecule has 5 aromatic carbocycles. The Bertz CT molecular complexity index is 2540. The van der Waals surface area contributed by atoms with E-state index in [1.165, 1.54) is 18.9 Å².